The lowest BCUT2D eigenvalue weighted by molar-refractivity contribution is -0.123. The number of rotatable bonds is 6. The number of hydrogen-bond acceptors (Lipinski definition) is 3. The molecule has 4 heteroatoms. The van der Waals surface area contributed by atoms with Crippen LogP contribution in [0.4, 0.5) is 0 Å². The lowest BCUT2D eigenvalue weighted by Gasteiger charge is -2.11. The summed E-state index contributed by atoms with van der Waals surface area (Å²) in [6.07, 6.45) is 0.726. The third kappa shape index (κ3) is 4.18. The van der Waals surface area contributed by atoms with Gasteiger partial charge in [0.25, 0.3) is 5.91 Å². The standard InChI is InChI=1S/C17H17NO3/c1-13-6-5-9-15(11-19)17(13)21-12-16(20)18-10-14-7-3-2-4-8-14/h2-9,11H,10,12H2,1H3,(H,18,20). The minimum atomic E-state index is -0.223. The van der Waals surface area contributed by atoms with Crippen molar-refractivity contribution in [3.8, 4) is 5.75 Å². The van der Waals surface area contributed by atoms with Crippen molar-refractivity contribution in [1.29, 1.82) is 0 Å². The molecule has 0 radical (unpaired) electrons. The zero-order valence-corrected chi connectivity index (χ0v) is 11.8. The van der Waals surface area contributed by atoms with Crippen LogP contribution >= 0.6 is 0 Å². The van der Waals surface area contributed by atoms with Crippen LogP contribution in [0.25, 0.3) is 0 Å². The normalized spacial score (nSPS) is 9.95. The highest BCUT2D eigenvalue weighted by Crippen LogP contribution is 2.21. The van der Waals surface area contributed by atoms with Crippen molar-refractivity contribution in [2.45, 2.75) is 13.5 Å². The Morgan fingerprint density at radius 1 is 1.14 bits per heavy atom. The molecular weight excluding hydrogens is 266 g/mol. The van der Waals surface area contributed by atoms with E-state index in [1.54, 1.807) is 12.1 Å². The van der Waals surface area contributed by atoms with Crippen LogP contribution in [-0.4, -0.2) is 18.8 Å². The summed E-state index contributed by atoms with van der Waals surface area (Å²) in [7, 11) is 0. The predicted octanol–water partition coefficient (Wildman–Crippen LogP) is 2.50. The van der Waals surface area contributed by atoms with Gasteiger partial charge < -0.3 is 10.1 Å². The summed E-state index contributed by atoms with van der Waals surface area (Å²) >= 11 is 0. The highest BCUT2D eigenvalue weighted by atomic mass is 16.5. The molecule has 0 heterocycles. The number of carbonyl (C=O) groups excluding carboxylic acids is 2. The van der Waals surface area contributed by atoms with Crippen molar-refractivity contribution < 1.29 is 14.3 Å². The van der Waals surface area contributed by atoms with Crippen LogP contribution < -0.4 is 10.1 Å². The number of nitrogens with one attached hydrogen (secondary N) is 1. The van der Waals surface area contributed by atoms with Crippen molar-refractivity contribution >= 4 is 12.2 Å². The monoisotopic (exact) mass is 283 g/mol. The van der Waals surface area contributed by atoms with E-state index in [0.717, 1.165) is 17.4 Å². The number of amides is 1. The van der Waals surface area contributed by atoms with Gasteiger partial charge in [0, 0.05) is 6.54 Å². The van der Waals surface area contributed by atoms with Crippen LogP contribution in [0.2, 0.25) is 0 Å². The van der Waals surface area contributed by atoms with E-state index in [-0.39, 0.29) is 12.5 Å². The molecule has 0 aromatic heterocycles. The highest BCUT2D eigenvalue weighted by molar-refractivity contribution is 5.81. The number of aryl methyl sites for hydroxylation is 1. The molecule has 21 heavy (non-hydrogen) atoms. The number of benzene rings is 2. The van der Waals surface area contributed by atoms with Gasteiger partial charge in [-0.25, -0.2) is 0 Å². The van der Waals surface area contributed by atoms with E-state index < -0.39 is 0 Å². The Kier molecular flexibility index (Phi) is 5.10. The van der Waals surface area contributed by atoms with E-state index in [2.05, 4.69) is 5.32 Å². The van der Waals surface area contributed by atoms with Crippen molar-refractivity contribution in [2.75, 3.05) is 6.61 Å². The van der Waals surface area contributed by atoms with Gasteiger partial charge in [-0.15, -0.1) is 0 Å². The first-order valence-electron chi connectivity index (χ1n) is 6.69. The summed E-state index contributed by atoms with van der Waals surface area (Å²) in [6, 6.07) is 14.9. The lowest BCUT2D eigenvalue weighted by atomic mass is 10.1. The van der Waals surface area contributed by atoms with Gasteiger partial charge in [0.2, 0.25) is 0 Å². The van der Waals surface area contributed by atoms with Crippen molar-refractivity contribution in [2.24, 2.45) is 0 Å². The van der Waals surface area contributed by atoms with E-state index in [4.69, 9.17) is 4.74 Å². The molecule has 0 aliphatic rings. The summed E-state index contributed by atoms with van der Waals surface area (Å²) in [6.45, 7) is 2.18. The Balaban J connectivity index is 1.88. The number of hydrogen-bond donors (Lipinski definition) is 1. The Hall–Kier alpha value is -2.62. The van der Waals surface area contributed by atoms with Gasteiger partial charge in [0.1, 0.15) is 5.75 Å². The molecule has 1 N–H and O–H groups in total. The minimum Gasteiger partial charge on any atom is -0.483 e. The smallest absolute Gasteiger partial charge is 0.258 e. The molecule has 2 rings (SSSR count). The largest absolute Gasteiger partial charge is 0.483 e. The van der Waals surface area contributed by atoms with Gasteiger partial charge >= 0.3 is 0 Å². The number of para-hydroxylation sites is 1. The zero-order chi connectivity index (χ0) is 15.1. The molecule has 0 saturated heterocycles. The Morgan fingerprint density at radius 2 is 1.90 bits per heavy atom. The molecule has 0 spiro atoms. The number of aldehydes is 1. The number of ether oxygens (including phenoxy) is 1. The maximum Gasteiger partial charge on any atom is 0.258 e. The Bertz CT molecular complexity index is 623. The van der Waals surface area contributed by atoms with Gasteiger partial charge in [0.15, 0.2) is 12.9 Å². The Labute approximate surface area is 123 Å². The average Bonchev–Trinajstić information content (AvgIpc) is 2.52. The van der Waals surface area contributed by atoms with E-state index in [0.29, 0.717) is 17.9 Å². The van der Waals surface area contributed by atoms with Crippen LogP contribution in [0, 0.1) is 6.92 Å². The fourth-order valence-electron chi connectivity index (χ4n) is 1.95. The first-order valence-corrected chi connectivity index (χ1v) is 6.69. The van der Waals surface area contributed by atoms with E-state index >= 15 is 0 Å². The molecule has 0 saturated carbocycles. The molecule has 1 amide bonds. The summed E-state index contributed by atoms with van der Waals surface area (Å²) in [5.41, 5.74) is 2.30. The minimum absolute atomic E-state index is 0.113. The van der Waals surface area contributed by atoms with Gasteiger partial charge in [-0.1, -0.05) is 42.5 Å². The van der Waals surface area contributed by atoms with Gasteiger partial charge in [-0.2, -0.15) is 0 Å². The first kappa shape index (κ1) is 14.8. The second-order valence-electron chi connectivity index (χ2n) is 4.66. The van der Waals surface area contributed by atoms with E-state index in [1.165, 1.54) is 0 Å². The molecule has 2 aromatic carbocycles. The van der Waals surface area contributed by atoms with Gasteiger partial charge in [-0.05, 0) is 24.1 Å². The topological polar surface area (TPSA) is 55.4 Å². The summed E-state index contributed by atoms with van der Waals surface area (Å²) in [5.74, 6) is 0.237. The lowest BCUT2D eigenvalue weighted by Crippen LogP contribution is -2.28. The quantitative estimate of drug-likeness (QED) is 0.829. The Morgan fingerprint density at radius 3 is 2.62 bits per heavy atom. The third-order valence-corrected chi connectivity index (χ3v) is 3.05. The van der Waals surface area contributed by atoms with Crippen molar-refractivity contribution in [3.05, 3.63) is 65.2 Å². The second kappa shape index (κ2) is 7.24. The first-order chi connectivity index (χ1) is 10.2. The molecule has 0 bridgehead atoms. The SMILES string of the molecule is Cc1cccc(C=O)c1OCC(=O)NCc1ccccc1. The van der Waals surface area contributed by atoms with Gasteiger partial charge in [-0.3, -0.25) is 9.59 Å². The van der Waals surface area contributed by atoms with Crippen LogP contribution in [0.15, 0.2) is 48.5 Å². The molecule has 2 aromatic rings. The van der Waals surface area contributed by atoms with Crippen LogP contribution in [0.3, 0.4) is 0 Å². The molecule has 0 atom stereocenters. The molecule has 4 nitrogen and oxygen atoms in total. The maximum atomic E-state index is 11.8. The highest BCUT2D eigenvalue weighted by Gasteiger charge is 2.09. The number of carbonyl (C=O) groups is 2. The summed E-state index contributed by atoms with van der Waals surface area (Å²) < 4.78 is 5.47. The van der Waals surface area contributed by atoms with Crippen LogP contribution in [0.5, 0.6) is 5.75 Å². The average molecular weight is 283 g/mol. The molecular formula is C17H17NO3. The maximum absolute atomic E-state index is 11.8. The molecule has 0 aliphatic carbocycles. The van der Waals surface area contributed by atoms with Crippen LogP contribution in [0.1, 0.15) is 21.5 Å². The molecule has 108 valence electrons. The fourth-order valence-corrected chi connectivity index (χ4v) is 1.95. The van der Waals surface area contributed by atoms with Crippen molar-refractivity contribution in [3.63, 3.8) is 0 Å². The van der Waals surface area contributed by atoms with E-state index in [9.17, 15) is 9.59 Å². The van der Waals surface area contributed by atoms with E-state index in [1.807, 2.05) is 43.3 Å². The molecule has 0 aliphatic heterocycles. The molecule has 0 unspecified atom stereocenters. The van der Waals surface area contributed by atoms with Gasteiger partial charge in [0.05, 0.1) is 5.56 Å². The molecule has 0 fully saturated rings. The third-order valence-electron chi connectivity index (χ3n) is 3.05. The summed E-state index contributed by atoms with van der Waals surface area (Å²) in [5, 5.41) is 2.77. The fraction of sp³-hybridized carbons (Fsp3) is 0.176. The summed E-state index contributed by atoms with van der Waals surface area (Å²) in [4.78, 5) is 22.7. The van der Waals surface area contributed by atoms with Crippen molar-refractivity contribution in [1.82, 2.24) is 5.32 Å². The predicted molar refractivity (Wildman–Crippen MR) is 80.4 cm³/mol. The zero-order valence-electron chi connectivity index (χ0n) is 11.8. The van der Waals surface area contributed by atoms with Crippen LogP contribution in [-0.2, 0) is 11.3 Å². The second-order valence-corrected chi connectivity index (χ2v) is 4.66.